The number of sulfonamides is 1. The van der Waals surface area contributed by atoms with Crippen molar-refractivity contribution < 1.29 is 12.8 Å². The van der Waals surface area contributed by atoms with Crippen molar-refractivity contribution in [3.63, 3.8) is 0 Å². The second-order valence-electron chi connectivity index (χ2n) is 3.44. The molecule has 17 heavy (non-hydrogen) atoms. The SMILES string of the molecule is CS(=O)(=O)Nc1ccc2c(=O)oc(=O)[nH]c2c1. The van der Waals surface area contributed by atoms with Crippen LogP contribution in [0.5, 0.6) is 0 Å². The summed E-state index contributed by atoms with van der Waals surface area (Å²) in [6.07, 6.45) is 0.999. The zero-order valence-corrected chi connectivity index (χ0v) is 9.50. The number of hydrogen-bond donors (Lipinski definition) is 2. The summed E-state index contributed by atoms with van der Waals surface area (Å²) in [5, 5.41) is 0.170. The minimum Gasteiger partial charge on any atom is -0.372 e. The molecule has 0 atom stereocenters. The van der Waals surface area contributed by atoms with Crippen LogP contribution in [-0.2, 0) is 10.0 Å². The zero-order valence-electron chi connectivity index (χ0n) is 8.68. The fourth-order valence-corrected chi connectivity index (χ4v) is 1.93. The lowest BCUT2D eigenvalue weighted by molar-refractivity contribution is 0.460. The van der Waals surface area contributed by atoms with Gasteiger partial charge in [0.25, 0.3) is 0 Å². The van der Waals surface area contributed by atoms with Gasteiger partial charge in [-0.25, -0.2) is 18.0 Å². The van der Waals surface area contributed by atoms with Crippen LogP contribution in [0.2, 0.25) is 0 Å². The smallest absolute Gasteiger partial charge is 0.372 e. The Labute approximate surface area is 95.1 Å². The minimum atomic E-state index is -3.41. The molecule has 1 heterocycles. The van der Waals surface area contributed by atoms with Crippen LogP contribution in [-0.4, -0.2) is 19.7 Å². The fourth-order valence-electron chi connectivity index (χ4n) is 1.38. The van der Waals surface area contributed by atoms with Gasteiger partial charge in [-0.05, 0) is 18.2 Å². The molecule has 0 saturated heterocycles. The third-order valence-electron chi connectivity index (χ3n) is 1.96. The van der Waals surface area contributed by atoms with E-state index in [0.29, 0.717) is 0 Å². The van der Waals surface area contributed by atoms with E-state index < -0.39 is 21.4 Å². The van der Waals surface area contributed by atoms with E-state index in [9.17, 15) is 18.0 Å². The van der Waals surface area contributed by atoms with Crippen molar-refractivity contribution in [2.24, 2.45) is 0 Å². The van der Waals surface area contributed by atoms with Gasteiger partial charge in [0.15, 0.2) is 0 Å². The summed E-state index contributed by atoms with van der Waals surface area (Å²) >= 11 is 0. The third-order valence-corrected chi connectivity index (χ3v) is 2.57. The number of nitrogens with one attached hydrogen (secondary N) is 2. The second-order valence-corrected chi connectivity index (χ2v) is 5.19. The zero-order chi connectivity index (χ0) is 12.6. The highest BCUT2D eigenvalue weighted by atomic mass is 32.2. The molecule has 0 aliphatic heterocycles. The van der Waals surface area contributed by atoms with Crippen molar-refractivity contribution in [2.75, 3.05) is 11.0 Å². The van der Waals surface area contributed by atoms with Crippen LogP contribution in [0.3, 0.4) is 0 Å². The molecule has 0 aliphatic rings. The monoisotopic (exact) mass is 256 g/mol. The van der Waals surface area contributed by atoms with Gasteiger partial charge in [-0.1, -0.05) is 0 Å². The summed E-state index contributed by atoms with van der Waals surface area (Å²) in [6, 6.07) is 4.11. The molecule has 0 aliphatic carbocycles. The third kappa shape index (κ3) is 2.53. The first kappa shape index (κ1) is 11.4. The summed E-state index contributed by atoms with van der Waals surface area (Å²) in [5.74, 6) is -0.890. The van der Waals surface area contributed by atoms with Gasteiger partial charge < -0.3 is 4.42 Å². The summed E-state index contributed by atoms with van der Waals surface area (Å²) in [4.78, 5) is 24.5. The molecule has 1 aromatic carbocycles. The van der Waals surface area contributed by atoms with E-state index in [1.165, 1.54) is 18.2 Å². The number of fused-ring (bicyclic) bond motifs is 1. The number of aromatic amines is 1. The van der Waals surface area contributed by atoms with Crippen molar-refractivity contribution in [1.82, 2.24) is 4.98 Å². The van der Waals surface area contributed by atoms with E-state index in [2.05, 4.69) is 14.1 Å². The highest BCUT2D eigenvalue weighted by Gasteiger charge is 2.06. The molecule has 90 valence electrons. The predicted molar refractivity (Wildman–Crippen MR) is 61.6 cm³/mol. The van der Waals surface area contributed by atoms with E-state index in [-0.39, 0.29) is 16.6 Å². The largest absolute Gasteiger partial charge is 0.419 e. The van der Waals surface area contributed by atoms with Gasteiger partial charge in [-0.15, -0.1) is 0 Å². The van der Waals surface area contributed by atoms with E-state index in [4.69, 9.17) is 0 Å². The van der Waals surface area contributed by atoms with Crippen LogP contribution in [0.4, 0.5) is 5.69 Å². The second kappa shape index (κ2) is 3.74. The number of aromatic nitrogens is 1. The van der Waals surface area contributed by atoms with Crippen LogP contribution in [0.1, 0.15) is 0 Å². The van der Waals surface area contributed by atoms with Crippen molar-refractivity contribution in [1.29, 1.82) is 0 Å². The lowest BCUT2D eigenvalue weighted by Crippen LogP contribution is -2.15. The molecule has 0 amide bonds. The molecular formula is C9H8N2O5S. The molecule has 2 N–H and O–H groups in total. The molecule has 2 rings (SSSR count). The van der Waals surface area contributed by atoms with Crippen LogP contribution in [0.25, 0.3) is 10.9 Å². The quantitative estimate of drug-likeness (QED) is 0.776. The Morgan fingerprint density at radius 3 is 2.65 bits per heavy atom. The molecule has 0 bridgehead atoms. The minimum absolute atomic E-state index is 0.170. The van der Waals surface area contributed by atoms with E-state index in [1.54, 1.807) is 0 Å². The first-order valence-electron chi connectivity index (χ1n) is 4.50. The van der Waals surface area contributed by atoms with Crippen LogP contribution in [0.15, 0.2) is 32.2 Å². The van der Waals surface area contributed by atoms with E-state index in [0.717, 1.165) is 6.26 Å². The maximum absolute atomic E-state index is 11.3. The predicted octanol–water partition coefficient (Wildman–Crippen LogP) is -0.147. The van der Waals surface area contributed by atoms with Crippen LogP contribution in [0, 0.1) is 0 Å². The van der Waals surface area contributed by atoms with Gasteiger partial charge in [0.1, 0.15) is 0 Å². The van der Waals surface area contributed by atoms with Crippen molar-refractivity contribution in [2.45, 2.75) is 0 Å². The molecule has 0 unspecified atom stereocenters. The molecule has 8 heteroatoms. The summed E-state index contributed by atoms with van der Waals surface area (Å²) in [6.45, 7) is 0. The number of rotatable bonds is 2. The van der Waals surface area contributed by atoms with Crippen LogP contribution < -0.4 is 16.1 Å². The Bertz CT molecular complexity index is 787. The van der Waals surface area contributed by atoms with Crippen molar-refractivity contribution in [3.8, 4) is 0 Å². The number of hydrogen-bond acceptors (Lipinski definition) is 5. The molecule has 2 aromatic rings. The number of H-pyrrole nitrogens is 1. The lowest BCUT2D eigenvalue weighted by Gasteiger charge is -2.03. The van der Waals surface area contributed by atoms with Gasteiger partial charge in [0.05, 0.1) is 22.8 Å². The number of anilines is 1. The molecule has 0 radical (unpaired) electrons. The van der Waals surface area contributed by atoms with Gasteiger partial charge in [-0.3, -0.25) is 9.71 Å². The van der Waals surface area contributed by atoms with E-state index >= 15 is 0 Å². The Hall–Kier alpha value is -2.09. The Kier molecular flexibility index (Phi) is 2.50. The average molecular weight is 256 g/mol. The molecule has 7 nitrogen and oxygen atoms in total. The highest BCUT2D eigenvalue weighted by molar-refractivity contribution is 7.92. The maximum Gasteiger partial charge on any atom is 0.419 e. The first-order valence-corrected chi connectivity index (χ1v) is 6.39. The van der Waals surface area contributed by atoms with Gasteiger partial charge in [0.2, 0.25) is 10.0 Å². The molecule has 0 saturated carbocycles. The first-order chi connectivity index (χ1) is 7.85. The van der Waals surface area contributed by atoms with E-state index in [1.807, 2.05) is 0 Å². The highest BCUT2D eigenvalue weighted by Crippen LogP contribution is 2.14. The molecule has 0 spiro atoms. The van der Waals surface area contributed by atoms with Gasteiger partial charge in [-0.2, -0.15) is 0 Å². The topological polar surface area (TPSA) is 109 Å². The summed E-state index contributed by atoms with van der Waals surface area (Å²) in [7, 11) is -3.41. The lowest BCUT2D eigenvalue weighted by atomic mass is 10.2. The number of benzene rings is 1. The molecule has 1 aromatic heterocycles. The van der Waals surface area contributed by atoms with Gasteiger partial charge >= 0.3 is 11.4 Å². The fraction of sp³-hybridized carbons (Fsp3) is 0.111. The Balaban J connectivity index is 2.66. The van der Waals surface area contributed by atoms with Crippen LogP contribution >= 0.6 is 0 Å². The molecule has 0 fully saturated rings. The standard InChI is InChI=1S/C9H8N2O5S/c1-17(14,15)11-5-2-3-6-7(4-5)10-9(13)16-8(6)12/h2-4,11H,1H3,(H,10,13). The van der Waals surface area contributed by atoms with Crippen molar-refractivity contribution >= 4 is 26.6 Å². The maximum atomic E-state index is 11.3. The normalized spacial score (nSPS) is 11.6. The Morgan fingerprint density at radius 1 is 1.29 bits per heavy atom. The van der Waals surface area contributed by atoms with Crippen molar-refractivity contribution in [3.05, 3.63) is 39.2 Å². The Morgan fingerprint density at radius 2 is 2.00 bits per heavy atom. The summed E-state index contributed by atoms with van der Waals surface area (Å²) < 4.78 is 28.6. The molecular weight excluding hydrogens is 248 g/mol. The average Bonchev–Trinajstić information content (AvgIpc) is 2.13. The summed E-state index contributed by atoms with van der Waals surface area (Å²) in [5.41, 5.74) is -0.309. The van der Waals surface area contributed by atoms with Gasteiger partial charge in [0, 0.05) is 0 Å².